The fourth-order valence-electron chi connectivity index (χ4n) is 3.02. The first-order chi connectivity index (χ1) is 13.9. The molecule has 1 heterocycles. The van der Waals surface area contributed by atoms with Gasteiger partial charge >= 0.3 is 0 Å². The highest BCUT2D eigenvalue weighted by Gasteiger charge is 2.11. The predicted octanol–water partition coefficient (Wildman–Crippen LogP) is 5.29. The first-order valence-electron chi connectivity index (χ1n) is 9.94. The lowest BCUT2D eigenvalue weighted by molar-refractivity contribution is -0.123. The number of carbonyl (C=O) groups is 1. The lowest BCUT2D eigenvalue weighted by Crippen LogP contribution is -2.30. The lowest BCUT2D eigenvalue weighted by atomic mass is 10.0. The van der Waals surface area contributed by atoms with E-state index in [-0.39, 0.29) is 12.5 Å². The number of benzene rings is 2. The summed E-state index contributed by atoms with van der Waals surface area (Å²) >= 11 is 1.63. The van der Waals surface area contributed by atoms with Gasteiger partial charge in [-0.2, -0.15) is 0 Å². The third kappa shape index (κ3) is 5.91. The third-order valence-electron chi connectivity index (χ3n) is 4.70. The minimum absolute atomic E-state index is 0.0227. The molecule has 4 nitrogen and oxygen atoms in total. The Morgan fingerprint density at radius 2 is 1.83 bits per heavy atom. The van der Waals surface area contributed by atoms with Gasteiger partial charge in [0.25, 0.3) is 5.91 Å². The van der Waals surface area contributed by atoms with Crippen molar-refractivity contribution in [2.75, 3.05) is 13.2 Å². The molecule has 0 atom stereocenters. The molecule has 152 valence electrons. The Bertz CT molecular complexity index is 961. The maximum atomic E-state index is 12.2. The fourth-order valence-corrected chi connectivity index (χ4v) is 3.88. The van der Waals surface area contributed by atoms with E-state index in [4.69, 9.17) is 4.74 Å². The number of amides is 1. The van der Waals surface area contributed by atoms with Gasteiger partial charge in [-0.15, -0.1) is 11.3 Å². The minimum Gasteiger partial charge on any atom is -0.483 e. The Morgan fingerprint density at radius 1 is 1.10 bits per heavy atom. The fraction of sp³-hybridized carbons (Fsp3) is 0.333. The molecule has 0 bridgehead atoms. The smallest absolute Gasteiger partial charge is 0.257 e. The van der Waals surface area contributed by atoms with Crippen LogP contribution in [0.25, 0.3) is 10.6 Å². The van der Waals surface area contributed by atoms with E-state index in [0.717, 1.165) is 33.1 Å². The Hall–Kier alpha value is -2.66. The molecule has 0 saturated heterocycles. The lowest BCUT2D eigenvalue weighted by Gasteiger charge is -2.14. The Labute approximate surface area is 177 Å². The molecule has 2 aromatic carbocycles. The molecule has 1 amide bonds. The standard InChI is InChI=1S/C24H28N2O2S/c1-16(2)21-10-7-18(4)13-22(21)28-14-23(27)25-12-11-20-15-29-24(26-20)19-8-5-17(3)6-9-19/h5-10,13,15-16H,11-12,14H2,1-4H3,(H,25,27). The summed E-state index contributed by atoms with van der Waals surface area (Å²) in [5.41, 5.74) is 5.60. The van der Waals surface area contributed by atoms with Gasteiger partial charge in [-0.3, -0.25) is 4.79 Å². The number of thiazole rings is 1. The van der Waals surface area contributed by atoms with E-state index in [0.29, 0.717) is 18.9 Å². The van der Waals surface area contributed by atoms with Crippen LogP contribution in [-0.4, -0.2) is 24.0 Å². The Morgan fingerprint density at radius 3 is 2.55 bits per heavy atom. The van der Waals surface area contributed by atoms with E-state index >= 15 is 0 Å². The number of ether oxygens (including phenoxy) is 1. The van der Waals surface area contributed by atoms with Crippen molar-refractivity contribution in [3.05, 3.63) is 70.2 Å². The normalized spacial score (nSPS) is 10.9. The highest BCUT2D eigenvalue weighted by Crippen LogP contribution is 2.27. The molecule has 0 spiro atoms. The van der Waals surface area contributed by atoms with Gasteiger partial charge in [0.1, 0.15) is 10.8 Å². The van der Waals surface area contributed by atoms with Crippen LogP contribution in [-0.2, 0) is 11.2 Å². The number of aromatic nitrogens is 1. The Kier molecular flexibility index (Phi) is 7.04. The zero-order valence-corrected chi connectivity index (χ0v) is 18.3. The third-order valence-corrected chi connectivity index (χ3v) is 5.64. The van der Waals surface area contributed by atoms with Crippen LogP contribution in [0.5, 0.6) is 5.75 Å². The molecule has 0 aliphatic carbocycles. The number of hydrogen-bond acceptors (Lipinski definition) is 4. The van der Waals surface area contributed by atoms with E-state index in [9.17, 15) is 4.79 Å². The van der Waals surface area contributed by atoms with Crippen molar-refractivity contribution in [3.63, 3.8) is 0 Å². The molecule has 3 rings (SSSR count). The second-order valence-corrected chi connectivity index (χ2v) is 8.45. The summed E-state index contributed by atoms with van der Waals surface area (Å²) in [6.07, 6.45) is 0.704. The summed E-state index contributed by atoms with van der Waals surface area (Å²) in [6.45, 7) is 8.91. The monoisotopic (exact) mass is 408 g/mol. The molecule has 0 aliphatic rings. The van der Waals surface area contributed by atoms with Crippen LogP contribution in [0.3, 0.4) is 0 Å². The number of carbonyl (C=O) groups excluding carboxylic acids is 1. The molecule has 3 aromatic rings. The zero-order chi connectivity index (χ0) is 20.8. The first kappa shape index (κ1) is 21.1. The highest BCUT2D eigenvalue weighted by atomic mass is 32.1. The second kappa shape index (κ2) is 9.70. The van der Waals surface area contributed by atoms with Crippen molar-refractivity contribution in [2.24, 2.45) is 0 Å². The van der Waals surface area contributed by atoms with Crippen LogP contribution in [0.15, 0.2) is 47.8 Å². The van der Waals surface area contributed by atoms with Gasteiger partial charge < -0.3 is 10.1 Å². The Balaban J connectivity index is 1.47. The quantitative estimate of drug-likeness (QED) is 0.551. The maximum Gasteiger partial charge on any atom is 0.257 e. The van der Waals surface area contributed by atoms with Gasteiger partial charge in [-0.1, -0.05) is 55.8 Å². The number of aryl methyl sites for hydroxylation is 2. The molecular weight excluding hydrogens is 380 g/mol. The maximum absolute atomic E-state index is 12.2. The van der Waals surface area contributed by atoms with Crippen molar-refractivity contribution in [2.45, 2.75) is 40.0 Å². The number of nitrogens with zero attached hydrogens (tertiary/aromatic N) is 1. The number of nitrogens with one attached hydrogen (secondary N) is 1. The van der Waals surface area contributed by atoms with Crippen molar-refractivity contribution in [3.8, 4) is 16.3 Å². The molecule has 0 fully saturated rings. The summed E-state index contributed by atoms with van der Waals surface area (Å²) in [4.78, 5) is 16.9. The molecule has 0 saturated carbocycles. The average molecular weight is 409 g/mol. The predicted molar refractivity (Wildman–Crippen MR) is 120 cm³/mol. The second-order valence-electron chi connectivity index (χ2n) is 7.59. The van der Waals surface area contributed by atoms with Crippen molar-refractivity contribution in [1.29, 1.82) is 0 Å². The van der Waals surface area contributed by atoms with Crippen LogP contribution in [0.4, 0.5) is 0 Å². The van der Waals surface area contributed by atoms with Crippen LogP contribution in [0.2, 0.25) is 0 Å². The topological polar surface area (TPSA) is 51.2 Å². The summed E-state index contributed by atoms with van der Waals surface area (Å²) in [5.74, 6) is 1.02. The van der Waals surface area contributed by atoms with Crippen LogP contribution >= 0.6 is 11.3 Å². The van der Waals surface area contributed by atoms with Crippen LogP contribution in [0.1, 0.15) is 42.1 Å². The van der Waals surface area contributed by atoms with Crippen LogP contribution in [0, 0.1) is 13.8 Å². The zero-order valence-electron chi connectivity index (χ0n) is 17.5. The van der Waals surface area contributed by atoms with Gasteiger partial charge in [-0.25, -0.2) is 4.98 Å². The van der Waals surface area contributed by atoms with E-state index in [1.165, 1.54) is 5.56 Å². The van der Waals surface area contributed by atoms with Gasteiger partial charge in [0, 0.05) is 23.9 Å². The largest absolute Gasteiger partial charge is 0.483 e. The summed E-state index contributed by atoms with van der Waals surface area (Å²) < 4.78 is 5.79. The van der Waals surface area contributed by atoms with Crippen molar-refractivity contribution >= 4 is 17.2 Å². The van der Waals surface area contributed by atoms with Gasteiger partial charge in [-0.05, 0) is 37.0 Å². The first-order valence-corrected chi connectivity index (χ1v) is 10.8. The van der Waals surface area contributed by atoms with Crippen LogP contribution < -0.4 is 10.1 Å². The molecule has 1 aromatic heterocycles. The molecular formula is C24H28N2O2S. The molecule has 0 unspecified atom stereocenters. The van der Waals surface area contributed by atoms with E-state index in [1.807, 2.05) is 13.0 Å². The summed E-state index contributed by atoms with van der Waals surface area (Å²) in [7, 11) is 0. The van der Waals surface area contributed by atoms with E-state index in [2.05, 4.69) is 72.9 Å². The number of hydrogen-bond donors (Lipinski definition) is 1. The summed E-state index contributed by atoms with van der Waals surface area (Å²) in [6, 6.07) is 14.5. The molecule has 29 heavy (non-hydrogen) atoms. The van der Waals surface area contributed by atoms with Gasteiger partial charge in [0.15, 0.2) is 6.61 Å². The molecule has 0 radical (unpaired) electrons. The van der Waals surface area contributed by atoms with E-state index in [1.54, 1.807) is 11.3 Å². The summed E-state index contributed by atoms with van der Waals surface area (Å²) in [5, 5.41) is 5.99. The van der Waals surface area contributed by atoms with Crippen molar-refractivity contribution < 1.29 is 9.53 Å². The van der Waals surface area contributed by atoms with Crippen molar-refractivity contribution in [1.82, 2.24) is 10.3 Å². The van der Waals surface area contributed by atoms with E-state index < -0.39 is 0 Å². The molecule has 5 heteroatoms. The average Bonchev–Trinajstić information content (AvgIpc) is 3.15. The minimum atomic E-state index is -0.116. The molecule has 0 aliphatic heterocycles. The van der Waals surface area contributed by atoms with Gasteiger partial charge in [0.05, 0.1) is 5.69 Å². The highest BCUT2D eigenvalue weighted by molar-refractivity contribution is 7.13. The van der Waals surface area contributed by atoms with Gasteiger partial charge in [0.2, 0.25) is 0 Å². The molecule has 1 N–H and O–H groups in total. The SMILES string of the molecule is Cc1ccc(-c2nc(CCNC(=O)COc3cc(C)ccc3C(C)C)cs2)cc1. The number of rotatable bonds is 8.